The molecule has 18 heavy (non-hydrogen) atoms. The molecule has 0 aliphatic heterocycles. The predicted octanol–water partition coefficient (Wildman–Crippen LogP) is 1.88. The molecule has 102 valence electrons. The second-order valence-corrected chi connectivity index (χ2v) is 7.39. The van der Waals surface area contributed by atoms with E-state index in [4.69, 9.17) is 0 Å². The Hall–Kier alpha value is -0.440. The third-order valence-electron chi connectivity index (χ3n) is 2.11. The van der Waals surface area contributed by atoms with E-state index in [9.17, 15) is 13.2 Å². The number of ether oxygens (including phenoxy) is 1. The van der Waals surface area contributed by atoms with Gasteiger partial charge in [-0.25, -0.2) is 13.1 Å². The summed E-state index contributed by atoms with van der Waals surface area (Å²) in [6.07, 6.45) is 0.373. The minimum Gasteiger partial charge on any atom is -0.469 e. The molecule has 5 nitrogen and oxygen atoms in total. The minimum absolute atomic E-state index is 0.0748. The third kappa shape index (κ3) is 5.94. The van der Waals surface area contributed by atoms with Crippen molar-refractivity contribution < 1.29 is 17.9 Å². The summed E-state index contributed by atoms with van der Waals surface area (Å²) < 4.78 is 31.1. The topological polar surface area (TPSA) is 72.5 Å². The van der Waals surface area contributed by atoms with Crippen molar-refractivity contribution >= 4 is 43.3 Å². The highest BCUT2D eigenvalue weighted by Gasteiger charge is 2.12. The van der Waals surface area contributed by atoms with Crippen molar-refractivity contribution in [2.45, 2.75) is 19.4 Å². The summed E-state index contributed by atoms with van der Waals surface area (Å²) in [4.78, 5) is 11.8. The number of carbonyl (C=O) groups is 1. The number of esters is 1. The van der Waals surface area contributed by atoms with Gasteiger partial charge in [0.15, 0.2) is 0 Å². The Bertz CT molecular complexity index is 498. The molecule has 1 heterocycles. The lowest BCUT2D eigenvalue weighted by molar-refractivity contribution is -0.140. The van der Waals surface area contributed by atoms with Crippen LogP contribution in [0.15, 0.2) is 15.9 Å². The van der Waals surface area contributed by atoms with E-state index >= 15 is 0 Å². The van der Waals surface area contributed by atoms with Gasteiger partial charge in [0.05, 0.1) is 12.9 Å². The van der Waals surface area contributed by atoms with Crippen LogP contribution in [0.2, 0.25) is 0 Å². The Morgan fingerprint density at radius 2 is 2.28 bits per heavy atom. The van der Waals surface area contributed by atoms with Crippen LogP contribution in [-0.2, 0) is 26.1 Å². The molecule has 0 fully saturated rings. The Kier molecular flexibility index (Phi) is 6.27. The number of nitrogens with one attached hydrogen (secondary N) is 1. The van der Waals surface area contributed by atoms with Crippen LogP contribution < -0.4 is 4.72 Å². The van der Waals surface area contributed by atoms with E-state index in [1.54, 1.807) is 0 Å². The smallest absolute Gasteiger partial charge is 0.305 e. The molecule has 0 aliphatic rings. The molecule has 0 spiro atoms. The number of thiophene rings is 1. The molecule has 8 heteroatoms. The van der Waals surface area contributed by atoms with E-state index in [0.29, 0.717) is 0 Å². The van der Waals surface area contributed by atoms with Gasteiger partial charge < -0.3 is 4.74 Å². The van der Waals surface area contributed by atoms with Gasteiger partial charge in [-0.3, -0.25) is 4.79 Å². The van der Waals surface area contributed by atoms with Crippen LogP contribution in [0.25, 0.3) is 0 Å². The van der Waals surface area contributed by atoms with E-state index in [0.717, 1.165) is 9.35 Å². The fraction of sp³-hybridized carbons (Fsp3) is 0.500. The second-order valence-electron chi connectivity index (χ2n) is 3.55. The number of rotatable bonds is 7. The van der Waals surface area contributed by atoms with Gasteiger partial charge in [0, 0.05) is 27.7 Å². The van der Waals surface area contributed by atoms with Crippen LogP contribution in [0.5, 0.6) is 0 Å². The number of hydrogen-bond donors (Lipinski definition) is 1. The lowest BCUT2D eigenvalue weighted by atomic mass is 10.3. The summed E-state index contributed by atoms with van der Waals surface area (Å²) in [5, 5.41) is 1.89. The number of sulfonamides is 1. The molecule has 1 rings (SSSR count). The largest absolute Gasteiger partial charge is 0.469 e. The van der Waals surface area contributed by atoms with E-state index in [1.165, 1.54) is 18.4 Å². The molecule has 0 bridgehead atoms. The first-order valence-electron chi connectivity index (χ1n) is 5.20. The molecule has 1 aromatic rings. The lowest BCUT2D eigenvalue weighted by Gasteiger charge is -2.04. The number of methoxy groups -OCH3 is 1. The monoisotopic (exact) mass is 355 g/mol. The van der Waals surface area contributed by atoms with Gasteiger partial charge in [-0.05, 0) is 28.4 Å². The number of carbonyl (C=O) groups excluding carboxylic acids is 1. The molecule has 0 aromatic carbocycles. The maximum absolute atomic E-state index is 11.6. The van der Waals surface area contributed by atoms with Crippen molar-refractivity contribution in [1.82, 2.24) is 4.72 Å². The second kappa shape index (κ2) is 7.22. The van der Waals surface area contributed by atoms with Crippen molar-refractivity contribution in [3.63, 3.8) is 0 Å². The van der Waals surface area contributed by atoms with Crippen LogP contribution >= 0.6 is 27.3 Å². The van der Waals surface area contributed by atoms with Gasteiger partial charge in [0.1, 0.15) is 0 Å². The first-order chi connectivity index (χ1) is 8.43. The Balaban J connectivity index is 2.33. The number of hydrogen-bond acceptors (Lipinski definition) is 5. The fourth-order valence-electron chi connectivity index (χ4n) is 1.21. The van der Waals surface area contributed by atoms with Crippen LogP contribution in [0, 0.1) is 0 Å². The molecule has 0 unspecified atom stereocenters. The molecule has 1 aromatic heterocycles. The minimum atomic E-state index is -3.34. The van der Waals surface area contributed by atoms with Gasteiger partial charge in [-0.1, -0.05) is 0 Å². The van der Waals surface area contributed by atoms with Gasteiger partial charge in [0.25, 0.3) is 0 Å². The van der Waals surface area contributed by atoms with E-state index in [-0.39, 0.29) is 25.1 Å². The zero-order chi connectivity index (χ0) is 13.6. The molecular weight excluding hydrogens is 342 g/mol. The lowest BCUT2D eigenvalue weighted by Crippen LogP contribution is -2.26. The van der Waals surface area contributed by atoms with Crippen molar-refractivity contribution in [3.8, 4) is 0 Å². The quantitative estimate of drug-likeness (QED) is 0.758. The van der Waals surface area contributed by atoms with Crippen molar-refractivity contribution in [2.24, 2.45) is 0 Å². The highest BCUT2D eigenvalue weighted by atomic mass is 79.9. The third-order valence-corrected chi connectivity index (χ3v) is 5.22. The predicted molar refractivity (Wildman–Crippen MR) is 73.9 cm³/mol. The van der Waals surface area contributed by atoms with Crippen LogP contribution in [0.1, 0.15) is 17.7 Å². The van der Waals surface area contributed by atoms with Gasteiger partial charge in [-0.15, -0.1) is 11.3 Å². The SMILES string of the molecule is COC(=O)CCCS(=O)(=O)NCc1cc(Br)cs1. The maximum Gasteiger partial charge on any atom is 0.305 e. The highest BCUT2D eigenvalue weighted by Crippen LogP contribution is 2.19. The molecule has 0 saturated carbocycles. The molecule has 0 radical (unpaired) electrons. The van der Waals surface area contributed by atoms with E-state index < -0.39 is 16.0 Å². The summed E-state index contributed by atoms with van der Waals surface area (Å²) in [5.74, 6) is -0.471. The van der Waals surface area contributed by atoms with Crippen LogP contribution in [0.3, 0.4) is 0 Å². The van der Waals surface area contributed by atoms with Gasteiger partial charge >= 0.3 is 5.97 Å². The summed E-state index contributed by atoms with van der Waals surface area (Å²) in [6.45, 7) is 0.275. The Morgan fingerprint density at radius 3 is 2.83 bits per heavy atom. The fourth-order valence-corrected chi connectivity index (χ4v) is 3.73. The molecule has 0 atom stereocenters. The van der Waals surface area contributed by atoms with Gasteiger partial charge in [-0.2, -0.15) is 0 Å². The maximum atomic E-state index is 11.6. The van der Waals surface area contributed by atoms with Crippen molar-refractivity contribution in [1.29, 1.82) is 0 Å². The summed E-state index contributed by atoms with van der Waals surface area (Å²) in [7, 11) is -2.06. The molecule has 1 N–H and O–H groups in total. The average Bonchev–Trinajstić information content (AvgIpc) is 2.72. The summed E-state index contributed by atoms with van der Waals surface area (Å²) >= 11 is 4.77. The first-order valence-corrected chi connectivity index (χ1v) is 8.52. The van der Waals surface area contributed by atoms with Crippen LogP contribution in [0.4, 0.5) is 0 Å². The molecule has 0 aliphatic carbocycles. The van der Waals surface area contributed by atoms with Gasteiger partial charge in [0.2, 0.25) is 10.0 Å². The van der Waals surface area contributed by atoms with E-state index in [1.807, 2.05) is 11.4 Å². The highest BCUT2D eigenvalue weighted by molar-refractivity contribution is 9.10. The first kappa shape index (κ1) is 15.6. The summed E-state index contributed by atoms with van der Waals surface area (Å²) in [6, 6.07) is 1.86. The van der Waals surface area contributed by atoms with E-state index in [2.05, 4.69) is 25.4 Å². The normalized spacial score (nSPS) is 11.4. The molecule has 0 saturated heterocycles. The zero-order valence-corrected chi connectivity index (χ0v) is 13.0. The van der Waals surface area contributed by atoms with Crippen LogP contribution in [-0.4, -0.2) is 27.2 Å². The standard InChI is InChI=1S/C10H14BrNO4S2/c1-16-10(13)3-2-4-18(14,15)12-6-9-5-8(11)7-17-9/h5,7,12H,2-4,6H2,1H3. The summed E-state index contributed by atoms with van der Waals surface area (Å²) in [5.41, 5.74) is 0. The van der Waals surface area contributed by atoms with Crippen molar-refractivity contribution in [2.75, 3.05) is 12.9 Å². The average molecular weight is 356 g/mol. The van der Waals surface area contributed by atoms with Crippen molar-refractivity contribution in [3.05, 3.63) is 20.8 Å². The zero-order valence-electron chi connectivity index (χ0n) is 9.81. The Morgan fingerprint density at radius 1 is 1.56 bits per heavy atom. The molecular formula is C10H14BrNO4S2. The Labute approximate surface area is 119 Å². The molecule has 0 amide bonds. The number of halogens is 1.